The Kier molecular flexibility index (Phi) is 3.82. The molecule has 0 radical (unpaired) electrons. The second-order valence-corrected chi connectivity index (χ2v) is 5.27. The van der Waals surface area contributed by atoms with Gasteiger partial charge in [-0.25, -0.2) is 0 Å². The van der Waals surface area contributed by atoms with E-state index >= 15 is 0 Å². The Bertz CT molecular complexity index is 564. The SMILES string of the molecule is COc1ccc(Sc2ccc(O)cc2C)c(C)c1. The molecule has 0 amide bonds. The zero-order valence-corrected chi connectivity index (χ0v) is 11.5. The predicted molar refractivity (Wildman–Crippen MR) is 74.7 cm³/mol. The largest absolute Gasteiger partial charge is 0.508 e. The van der Waals surface area contributed by atoms with Gasteiger partial charge in [-0.05, 0) is 61.4 Å². The predicted octanol–water partition coefficient (Wildman–Crippen LogP) is 4.17. The third-order valence-electron chi connectivity index (χ3n) is 2.76. The van der Waals surface area contributed by atoms with Crippen LogP contribution in [0.5, 0.6) is 11.5 Å². The maximum absolute atomic E-state index is 9.40. The van der Waals surface area contributed by atoms with Crippen LogP contribution in [0.2, 0.25) is 0 Å². The van der Waals surface area contributed by atoms with Gasteiger partial charge in [0.2, 0.25) is 0 Å². The van der Waals surface area contributed by atoms with E-state index in [9.17, 15) is 5.11 Å². The molecule has 2 aromatic carbocycles. The highest BCUT2D eigenvalue weighted by Crippen LogP contribution is 2.34. The summed E-state index contributed by atoms with van der Waals surface area (Å²) < 4.78 is 5.20. The molecular weight excluding hydrogens is 244 g/mol. The van der Waals surface area contributed by atoms with E-state index in [0.29, 0.717) is 5.75 Å². The Morgan fingerprint density at radius 2 is 1.56 bits per heavy atom. The van der Waals surface area contributed by atoms with Crippen molar-refractivity contribution in [3.05, 3.63) is 47.5 Å². The minimum atomic E-state index is 0.309. The summed E-state index contributed by atoms with van der Waals surface area (Å²) in [5, 5.41) is 9.40. The number of rotatable bonds is 3. The van der Waals surface area contributed by atoms with Crippen molar-refractivity contribution in [2.45, 2.75) is 23.6 Å². The first-order valence-electron chi connectivity index (χ1n) is 5.72. The maximum Gasteiger partial charge on any atom is 0.119 e. The standard InChI is InChI=1S/C15H16O2S/c1-10-8-12(16)4-6-14(10)18-15-7-5-13(17-3)9-11(15)2/h4-9,16H,1-3H3. The maximum atomic E-state index is 9.40. The highest BCUT2D eigenvalue weighted by Gasteiger charge is 2.05. The van der Waals surface area contributed by atoms with Crippen LogP contribution in [-0.4, -0.2) is 12.2 Å². The normalized spacial score (nSPS) is 10.4. The number of ether oxygens (including phenoxy) is 1. The molecule has 0 saturated carbocycles. The second kappa shape index (κ2) is 5.36. The number of aryl methyl sites for hydroxylation is 2. The van der Waals surface area contributed by atoms with Crippen LogP contribution in [0.3, 0.4) is 0 Å². The summed E-state index contributed by atoms with van der Waals surface area (Å²) in [6.45, 7) is 4.07. The van der Waals surface area contributed by atoms with E-state index in [4.69, 9.17) is 4.74 Å². The van der Waals surface area contributed by atoms with Crippen molar-refractivity contribution in [3.63, 3.8) is 0 Å². The molecule has 3 heteroatoms. The van der Waals surface area contributed by atoms with Crippen molar-refractivity contribution in [1.29, 1.82) is 0 Å². The zero-order valence-electron chi connectivity index (χ0n) is 10.7. The van der Waals surface area contributed by atoms with Crippen LogP contribution in [0.25, 0.3) is 0 Å². The lowest BCUT2D eigenvalue weighted by Crippen LogP contribution is -1.86. The van der Waals surface area contributed by atoms with Crippen molar-refractivity contribution < 1.29 is 9.84 Å². The van der Waals surface area contributed by atoms with Gasteiger partial charge in [0.1, 0.15) is 11.5 Å². The molecule has 1 N–H and O–H groups in total. The third kappa shape index (κ3) is 2.79. The Morgan fingerprint density at radius 3 is 2.11 bits per heavy atom. The summed E-state index contributed by atoms with van der Waals surface area (Å²) >= 11 is 1.70. The van der Waals surface area contributed by atoms with E-state index < -0.39 is 0 Å². The number of phenolic OH excluding ortho intramolecular Hbond substituents is 1. The van der Waals surface area contributed by atoms with E-state index in [-0.39, 0.29) is 0 Å². The minimum absolute atomic E-state index is 0.309. The molecular formula is C15H16O2S. The highest BCUT2D eigenvalue weighted by atomic mass is 32.2. The average molecular weight is 260 g/mol. The van der Waals surface area contributed by atoms with E-state index in [1.54, 1.807) is 31.0 Å². The van der Waals surface area contributed by atoms with Gasteiger partial charge < -0.3 is 9.84 Å². The number of hydrogen-bond acceptors (Lipinski definition) is 3. The van der Waals surface area contributed by atoms with Crippen molar-refractivity contribution >= 4 is 11.8 Å². The zero-order chi connectivity index (χ0) is 13.1. The van der Waals surface area contributed by atoms with E-state index in [0.717, 1.165) is 16.2 Å². The Hall–Kier alpha value is -1.61. The molecule has 0 bridgehead atoms. The summed E-state index contributed by atoms with van der Waals surface area (Å²) in [5.74, 6) is 1.18. The van der Waals surface area contributed by atoms with E-state index in [1.165, 1.54) is 10.5 Å². The molecule has 2 aromatic rings. The van der Waals surface area contributed by atoms with Crippen LogP contribution in [0, 0.1) is 13.8 Å². The smallest absolute Gasteiger partial charge is 0.119 e. The monoisotopic (exact) mass is 260 g/mol. The molecule has 0 unspecified atom stereocenters. The van der Waals surface area contributed by atoms with Gasteiger partial charge in [0.25, 0.3) is 0 Å². The first-order valence-corrected chi connectivity index (χ1v) is 6.54. The van der Waals surface area contributed by atoms with Gasteiger partial charge in [0.05, 0.1) is 7.11 Å². The van der Waals surface area contributed by atoms with Gasteiger partial charge >= 0.3 is 0 Å². The lowest BCUT2D eigenvalue weighted by molar-refractivity contribution is 0.414. The second-order valence-electron chi connectivity index (χ2n) is 4.18. The lowest BCUT2D eigenvalue weighted by Gasteiger charge is -2.09. The van der Waals surface area contributed by atoms with E-state index in [2.05, 4.69) is 13.0 Å². The van der Waals surface area contributed by atoms with Crippen LogP contribution in [0.15, 0.2) is 46.2 Å². The summed E-state index contributed by atoms with van der Waals surface area (Å²) in [4.78, 5) is 2.35. The summed E-state index contributed by atoms with van der Waals surface area (Å²) in [6, 6.07) is 11.5. The molecule has 0 aliphatic heterocycles. The molecule has 0 fully saturated rings. The van der Waals surface area contributed by atoms with Crippen molar-refractivity contribution in [2.24, 2.45) is 0 Å². The summed E-state index contributed by atoms with van der Waals surface area (Å²) in [6.07, 6.45) is 0. The molecule has 0 spiro atoms. The van der Waals surface area contributed by atoms with Crippen LogP contribution >= 0.6 is 11.8 Å². The Morgan fingerprint density at radius 1 is 0.944 bits per heavy atom. The van der Waals surface area contributed by atoms with Gasteiger partial charge in [-0.15, -0.1) is 0 Å². The Balaban J connectivity index is 2.28. The summed E-state index contributed by atoms with van der Waals surface area (Å²) in [5.41, 5.74) is 2.27. The summed E-state index contributed by atoms with van der Waals surface area (Å²) in [7, 11) is 1.67. The number of benzene rings is 2. The fourth-order valence-electron chi connectivity index (χ4n) is 1.73. The van der Waals surface area contributed by atoms with Crippen molar-refractivity contribution in [2.75, 3.05) is 7.11 Å². The van der Waals surface area contributed by atoms with Crippen LogP contribution in [0.4, 0.5) is 0 Å². The molecule has 0 aliphatic carbocycles. The van der Waals surface area contributed by atoms with E-state index in [1.807, 2.05) is 25.1 Å². The first kappa shape index (κ1) is 12.8. The number of methoxy groups -OCH3 is 1. The fraction of sp³-hybridized carbons (Fsp3) is 0.200. The van der Waals surface area contributed by atoms with Gasteiger partial charge in [-0.3, -0.25) is 0 Å². The van der Waals surface area contributed by atoms with Crippen LogP contribution in [0.1, 0.15) is 11.1 Å². The quantitative estimate of drug-likeness (QED) is 0.898. The average Bonchev–Trinajstić information content (AvgIpc) is 2.34. The van der Waals surface area contributed by atoms with Gasteiger partial charge in [0.15, 0.2) is 0 Å². The van der Waals surface area contributed by atoms with Crippen molar-refractivity contribution in [3.8, 4) is 11.5 Å². The lowest BCUT2D eigenvalue weighted by atomic mass is 10.2. The third-order valence-corrected chi connectivity index (χ3v) is 4.12. The molecule has 0 aliphatic rings. The molecule has 18 heavy (non-hydrogen) atoms. The molecule has 0 aromatic heterocycles. The van der Waals surface area contributed by atoms with Gasteiger partial charge in [0, 0.05) is 9.79 Å². The molecule has 2 rings (SSSR count). The highest BCUT2D eigenvalue weighted by molar-refractivity contribution is 7.99. The van der Waals surface area contributed by atoms with Crippen LogP contribution in [-0.2, 0) is 0 Å². The Labute approximate surface area is 112 Å². The molecule has 0 atom stereocenters. The number of phenols is 1. The minimum Gasteiger partial charge on any atom is -0.508 e. The van der Waals surface area contributed by atoms with Crippen LogP contribution < -0.4 is 4.74 Å². The van der Waals surface area contributed by atoms with Gasteiger partial charge in [-0.2, -0.15) is 0 Å². The fourth-order valence-corrected chi connectivity index (χ4v) is 2.68. The number of hydrogen-bond donors (Lipinski definition) is 1. The molecule has 0 heterocycles. The molecule has 0 saturated heterocycles. The first-order chi connectivity index (χ1) is 8.60. The topological polar surface area (TPSA) is 29.5 Å². The molecule has 94 valence electrons. The molecule has 2 nitrogen and oxygen atoms in total. The number of aromatic hydroxyl groups is 1. The van der Waals surface area contributed by atoms with Crippen molar-refractivity contribution in [1.82, 2.24) is 0 Å². The van der Waals surface area contributed by atoms with Gasteiger partial charge in [-0.1, -0.05) is 11.8 Å².